The number of nitrogens with one attached hydrogen (secondary N) is 2. The normalized spacial score (nSPS) is 12.3. The zero-order valence-electron chi connectivity index (χ0n) is 16.9. The lowest BCUT2D eigenvalue weighted by Crippen LogP contribution is -2.42. The summed E-state index contributed by atoms with van der Waals surface area (Å²) < 4.78 is 5.43. The van der Waals surface area contributed by atoms with Crippen LogP contribution in [0.3, 0.4) is 0 Å². The van der Waals surface area contributed by atoms with Crippen molar-refractivity contribution in [3.8, 4) is 5.75 Å². The Morgan fingerprint density at radius 3 is 2.28 bits per heavy atom. The van der Waals surface area contributed by atoms with Crippen molar-refractivity contribution in [1.29, 1.82) is 0 Å². The fourth-order valence-corrected chi connectivity index (χ4v) is 3.01. The van der Waals surface area contributed by atoms with Gasteiger partial charge in [-0.3, -0.25) is 34.2 Å². The number of rotatable bonds is 10. The third kappa shape index (κ3) is 5.45. The highest BCUT2D eigenvalue weighted by Gasteiger charge is 2.37. The van der Waals surface area contributed by atoms with Gasteiger partial charge in [0.2, 0.25) is 11.8 Å². The number of amides is 4. The maximum Gasteiger partial charge on any atom is 0.270 e. The molecule has 1 heterocycles. The van der Waals surface area contributed by atoms with E-state index in [1.54, 1.807) is 12.1 Å². The largest absolute Gasteiger partial charge is 0.493 e. The molecule has 32 heavy (non-hydrogen) atoms. The molecule has 0 radical (unpaired) electrons. The minimum Gasteiger partial charge on any atom is -0.493 e. The molecular formula is C21H20N4O7. The first-order valence-electron chi connectivity index (χ1n) is 9.72. The summed E-state index contributed by atoms with van der Waals surface area (Å²) >= 11 is 0. The summed E-state index contributed by atoms with van der Waals surface area (Å²) in [7, 11) is 0. The molecule has 2 N–H and O–H groups in total. The molecule has 11 nitrogen and oxygen atoms in total. The van der Waals surface area contributed by atoms with E-state index in [4.69, 9.17) is 4.74 Å². The minimum absolute atomic E-state index is 0.0124. The van der Waals surface area contributed by atoms with Crippen molar-refractivity contribution in [2.75, 3.05) is 26.2 Å². The third-order valence-electron chi connectivity index (χ3n) is 4.58. The summed E-state index contributed by atoms with van der Waals surface area (Å²) in [5.74, 6) is -1.65. The Labute approximate surface area is 182 Å². The Morgan fingerprint density at radius 2 is 1.59 bits per heavy atom. The van der Waals surface area contributed by atoms with Crippen molar-refractivity contribution < 1.29 is 28.8 Å². The number of hydrogen-bond donors (Lipinski definition) is 2. The Kier molecular flexibility index (Phi) is 7.11. The zero-order chi connectivity index (χ0) is 23.1. The summed E-state index contributed by atoms with van der Waals surface area (Å²) in [4.78, 5) is 59.5. The number of nitro groups is 1. The molecule has 0 atom stereocenters. The van der Waals surface area contributed by atoms with Crippen LogP contribution in [0.4, 0.5) is 5.69 Å². The molecule has 0 bridgehead atoms. The van der Waals surface area contributed by atoms with Crippen LogP contribution in [-0.4, -0.2) is 59.7 Å². The lowest BCUT2D eigenvalue weighted by Gasteiger charge is -2.13. The van der Waals surface area contributed by atoms with Crippen LogP contribution in [0.1, 0.15) is 27.1 Å². The molecule has 4 amide bonds. The number of fused-ring (bicyclic) bond motifs is 1. The van der Waals surface area contributed by atoms with Crippen molar-refractivity contribution in [2.45, 2.75) is 6.42 Å². The molecule has 0 aromatic heterocycles. The Bertz CT molecular complexity index is 1060. The maximum atomic E-state index is 12.4. The summed E-state index contributed by atoms with van der Waals surface area (Å²) in [5, 5.41) is 16.0. The number of ether oxygens (including phenoxy) is 1. The van der Waals surface area contributed by atoms with E-state index in [9.17, 15) is 29.3 Å². The van der Waals surface area contributed by atoms with Crippen LogP contribution < -0.4 is 15.4 Å². The third-order valence-corrected chi connectivity index (χ3v) is 4.58. The maximum absolute atomic E-state index is 12.4. The van der Waals surface area contributed by atoms with Gasteiger partial charge in [-0.15, -0.1) is 0 Å². The van der Waals surface area contributed by atoms with E-state index in [1.165, 1.54) is 6.07 Å². The Hall–Kier alpha value is -4.28. The van der Waals surface area contributed by atoms with Gasteiger partial charge in [-0.1, -0.05) is 18.2 Å². The molecule has 3 rings (SSSR count). The van der Waals surface area contributed by atoms with Gasteiger partial charge in [0.05, 0.1) is 29.1 Å². The second-order valence-electron chi connectivity index (χ2n) is 6.79. The highest BCUT2D eigenvalue weighted by atomic mass is 16.6. The number of benzene rings is 2. The van der Waals surface area contributed by atoms with Crippen LogP contribution in [0.15, 0.2) is 48.5 Å². The summed E-state index contributed by atoms with van der Waals surface area (Å²) in [6.07, 6.45) is 0.143. The number of hydrogen-bond acceptors (Lipinski definition) is 7. The van der Waals surface area contributed by atoms with E-state index in [0.29, 0.717) is 5.75 Å². The lowest BCUT2D eigenvalue weighted by atomic mass is 10.1. The first kappa shape index (κ1) is 22.4. The van der Waals surface area contributed by atoms with Gasteiger partial charge in [0.25, 0.3) is 17.5 Å². The summed E-state index contributed by atoms with van der Waals surface area (Å²) in [6.45, 7) is -0.0674. The molecule has 0 fully saturated rings. The molecule has 0 saturated heterocycles. The molecule has 11 heteroatoms. The fourth-order valence-electron chi connectivity index (χ4n) is 3.01. The van der Waals surface area contributed by atoms with Crippen LogP contribution >= 0.6 is 0 Å². The van der Waals surface area contributed by atoms with Gasteiger partial charge < -0.3 is 15.4 Å². The molecule has 2 aromatic carbocycles. The molecule has 1 aliphatic heterocycles. The van der Waals surface area contributed by atoms with Crippen molar-refractivity contribution in [2.24, 2.45) is 0 Å². The Balaban J connectivity index is 1.37. The standard InChI is InChI=1S/C21H20N4O7/c26-18(8-11-32-15-4-2-1-3-5-15)22-9-10-23-19(27)13-24-20(28)16-7-6-14(25(30)31)12-17(16)21(24)29/h1-7,12H,8-11,13H2,(H,22,26)(H,23,27). The summed E-state index contributed by atoms with van der Waals surface area (Å²) in [5.41, 5.74) is -0.415. The van der Waals surface area contributed by atoms with Gasteiger partial charge in [0.1, 0.15) is 12.3 Å². The quantitative estimate of drug-likeness (QED) is 0.241. The van der Waals surface area contributed by atoms with E-state index >= 15 is 0 Å². The number of imide groups is 1. The monoisotopic (exact) mass is 440 g/mol. The van der Waals surface area contributed by atoms with Gasteiger partial charge in [0.15, 0.2) is 0 Å². The molecule has 0 aliphatic carbocycles. The van der Waals surface area contributed by atoms with Crippen molar-refractivity contribution in [3.05, 3.63) is 69.8 Å². The number of carbonyl (C=O) groups excluding carboxylic acids is 4. The number of nitrogens with zero attached hydrogens (tertiary/aromatic N) is 2. The number of carbonyl (C=O) groups is 4. The Morgan fingerprint density at radius 1 is 0.938 bits per heavy atom. The van der Waals surface area contributed by atoms with Crippen molar-refractivity contribution in [1.82, 2.24) is 15.5 Å². The average molecular weight is 440 g/mol. The molecule has 0 spiro atoms. The summed E-state index contributed by atoms with van der Waals surface area (Å²) in [6, 6.07) is 12.4. The number of para-hydroxylation sites is 1. The van der Waals surface area contributed by atoms with Crippen LogP contribution in [0.2, 0.25) is 0 Å². The van der Waals surface area contributed by atoms with Crippen LogP contribution in [0.25, 0.3) is 0 Å². The van der Waals surface area contributed by atoms with Crippen molar-refractivity contribution in [3.63, 3.8) is 0 Å². The molecule has 0 saturated carbocycles. The average Bonchev–Trinajstić information content (AvgIpc) is 3.01. The number of non-ortho nitro benzene ring substituents is 1. The topological polar surface area (TPSA) is 148 Å². The predicted octanol–water partition coefficient (Wildman–Crippen LogP) is 0.892. The van der Waals surface area contributed by atoms with Crippen LogP contribution in [0.5, 0.6) is 5.75 Å². The zero-order valence-corrected chi connectivity index (χ0v) is 16.9. The molecule has 166 valence electrons. The SMILES string of the molecule is O=C(CCOc1ccccc1)NCCNC(=O)CN1C(=O)c2ccc([N+](=O)[O-])cc2C1=O. The minimum atomic E-state index is -0.768. The second-order valence-corrected chi connectivity index (χ2v) is 6.79. The predicted molar refractivity (Wildman–Crippen MR) is 111 cm³/mol. The lowest BCUT2D eigenvalue weighted by molar-refractivity contribution is -0.384. The van der Waals surface area contributed by atoms with Gasteiger partial charge in [0, 0.05) is 25.2 Å². The van der Waals surface area contributed by atoms with Gasteiger partial charge in [-0.25, -0.2) is 0 Å². The number of nitro benzene ring substituents is 1. The molecule has 1 aliphatic rings. The van der Waals surface area contributed by atoms with Crippen molar-refractivity contribution >= 4 is 29.3 Å². The van der Waals surface area contributed by atoms with E-state index in [1.807, 2.05) is 18.2 Å². The fraction of sp³-hybridized carbons (Fsp3) is 0.238. The van der Waals surface area contributed by atoms with E-state index in [0.717, 1.165) is 17.0 Å². The molecular weight excluding hydrogens is 420 g/mol. The van der Waals surface area contributed by atoms with Crippen LogP contribution in [-0.2, 0) is 9.59 Å². The van der Waals surface area contributed by atoms with Gasteiger partial charge >= 0.3 is 0 Å². The van der Waals surface area contributed by atoms with Gasteiger partial charge in [-0.2, -0.15) is 0 Å². The van der Waals surface area contributed by atoms with Gasteiger partial charge in [-0.05, 0) is 18.2 Å². The van der Waals surface area contributed by atoms with E-state index in [2.05, 4.69) is 10.6 Å². The van der Waals surface area contributed by atoms with Crippen LogP contribution in [0, 0.1) is 10.1 Å². The molecule has 2 aromatic rings. The van der Waals surface area contributed by atoms with E-state index < -0.39 is 29.2 Å². The first-order valence-corrected chi connectivity index (χ1v) is 9.72. The highest BCUT2D eigenvalue weighted by molar-refractivity contribution is 6.22. The highest BCUT2D eigenvalue weighted by Crippen LogP contribution is 2.26. The van der Waals surface area contributed by atoms with E-state index in [-0.39, 0.29) is 48.8 Å². The smallest absolute Gasteiger partial charge is 0.270 e. The first-order chi connectivity index (χ1) is 15.4. The second kappa shape index (κ2) is 10.2. The molecule has 0 unspecified atom stereocenters.